The first-order valence-electron chi connectivity index (χ1n) is 10.2. The summed E-state index contributed by atoms with van der Waals surface area (Å²) in [5.41, 5.74) is 2.94. The first kappa shape index (κ1) is 19.1. The summed E-state index contributed by atoms with van der Waals surface area (Å²) < 4.78 is 10.8. The Kier molecular flexibility index (Phi) is 5.00. The number of nitrogens with zero attached hydrogens (tertiary/aromatic N) is 4. The van der Waals surface area contributed by atoms with E-state index in [0.717, 1.165) is 16.9 Å². The number of fused-ring (bicyclic) bond motifs is 1. The summed E-state index contributed by atoms with van der Waals surface area (Å²) in [6, 6.07) is 21.6. The van der Waals surface area contributed by atoms with Crippen molar-refractivity contribution in [2.75, 3.05) is 16.3 Å². The maximum Gasteiger partial charge on any atom is 0.246 e. The highest BCUT2D eigenvalue weighted by molar-refractivity contribution is 5.99. The molecule has 1 aliphatic heterocycles. The molecule has 3 heterocycles. The molecule has 0 spiro atoms. The number of para-hydroxylation sites is 2. The Balaban J connectivity index is 1.47. The van der Waals surface area contributed by atoms with Gasteiger partial charge in [-0.3, -0.25) is 4.79 Å². The second kappa shape index (κ2) is 8.10. The third kappa shape index (κ3) is 3.82. The summed E-state index contributed by atoms with van der Waals surface area (Å²) in [5.74, 6) is 1.35. The fourth-order valence-electron chi connectivity index (χ4n) is 3.92. The Morgan fingerprint density at radius 1 is 0.968 bits per heavy atom. The van der Waals surface area contributed by atoms with Crippen molar-refractivity contribution in [1.29, 1.82) is 0 Å². The van der Waals surface area contributed by atoms with Gasteiger partial charge in [-0.05, 0) is 29.8 Å². The van der Waals surface area contributed by atoms with Gasteiger partial charge in [-0.2, -0.15) is 4.98 Å². The molecule has 0 N–H and O–H groups in total. The normalized spacial score (nSPS) is 16.3. The van der Waals surface area contributed by atoms with Gasteiger partial charge in [0.25, 0.3) is 0 Å². The molecule has 4 aromatic rings. The molecule has 0 bridgehead atoms. The topological polar surface area (TPSA) is 75.6 Å². The minimum Gasteiger partial charge on any atom is -0.461 e. The Hall–Kier alpha value is -3.87. The number of carbonyl (C=O) groups excluding carboxylic acids is 1. The van der Waals surface area contributed by atoms with E-state index in [1.54, 1.807) is 18.4 Å². The lowest BCUT2D eigenvalue weighted by Crippen LogP contribution is -2.36. The molecule has 156 valence electrons. The van der Waals surface area contributed by atoms with Gasteiger partial charge >= 0.3 is 0 Å². The molecule has 5 rings (SSSR count). The van der Waals surface area contributed by atoms with E-state index in [1.807, 2.05) is 66.4 Å². The fraction of sp³-hybridized carbons (Fsp3) is 0.208. The fourth-order valence-corrected chi connectivity index (χ4v) is 3.92. The maximum atomic E-state index is 13.3. The van der Waals surface area contributed by atoms with Crippen molar-refractivity contribution in [2.45, 2.75) is 20.0 Å². The largest absolute Gasteiger partial charge is 0.461 e. The molecular weight excluding hydrogens is 392 g/mol. The third-order valence-corrected chi connectivity index (χ3v) is 5.41. The maximum absolute atomic E-state index is 13.3. The SMILES string of the molecule is C[C@H]1CN(Cc2nc(-c3ccco3)no2)c2ccccc2N(Cc2ccccc2)C1=O. The highest BCUT2D eigenvalue weighted by Crippen LogP contribution is 2.36. The number of anilines is 2. The first-order chi connectivity index (χ1) is 15.2. The smallest absolute Gasteiger partial charge is 0.246 e. The van der Waals surface area contributed by atoms with Crippen molar-refractivity contribution < 1.29 is 13.7 Å². The van der Waals surface area contributed by atoms with Crippen LogP contribution >= 0.6 is 0 Å². The van der Waals surface area contributed by atoms with Crippen molar-refractivity contribution in [3.8, 4) is 11.6 Å². The van der Waals surface area contributed by atoms with Crippen LogP contribution in [-0.4, -0.2) is 22.6 Å². The van der Waals surface area contributed by atoms with E-state index in [1.165, 1.54) is 0 Å². The van der Waals surface area contributed by atoms with Crippen LogP contribution in [0.25, 0.3) is 11.6 Å². The van der Waals surface area contributed by atoms with Crippen LogP contribution in [0.1, 0.15) is 18.4 Å². The molecule has 2 aromatic carbocycles. The van der Waals surface area contributed by atoms with Crippen LogP contribution in [0, 0.1) is 5.92 Å². The number of rotatable bonds is 5. The van der Waals surface area contributed by atoms with Crippen molar-refractivity contribution in [2.24, 2.45) is 5.92 Å². The summed E-state index contributed by atoms with van der Waals surface area (Å²) in [4.78, 5) is 21.8. The van der Waals surface area contributed by atoms with Gasteiger partial charge in [0.15, 0.2) is 5.76 Å². The molecular formula is C24H22N4O3. The first-order valence-corrected chi connectivity index (χ1v) is 10.2. The number of hydrogen-bond acceptors (Lipinski definition) is 6. The van der Waals surface area contributed by atoms with Crippen LogP contribution in [0.2, 0.25) is 0 Å². The minimum absolute atomic E-state index is 0.0978. The van der Waals surface area contributed by atoms with E-state index in [2.05, 4.69) is 15.0 Å². The van der Waals surface area contributed by atoms with E-state index in [9.17, 15) is 4.79 Å². The second-order valence-electron chi connectivity index (χ2n) is 7.67. The zero-order valence-electron chi connectivity index (χ0n) is 17.1. The molecule has 31 heavy (non-hydrogen) atoms. The summed E-state index contributed by atoms with van der Waals surface area (Å²) in [6.07, 6.45) is 1.57. The summed E-state index contributed by atoms with van der Waals surface area (Å²) >= 11 is 0. The lowest BCUT2D eigenvalue weighted by molar-refractivity contribution is -0.121. The minimum atomic E-state index is -0.191. The van der Waals surface area contributed by atoms with Gasteiger partial charge < -0.3 is 18.7 Å². The van der Waals surface area contributed by atoms with Crippen LogP contribution in [0.15, 0.2) is 81.9 Å². The van der Waals surface area contributed by atoms with Crippen molar-refractivity contribution in [3.05, 3.63) is 84.4 Å². The van der Waals surface area contributed by atoms with Crippen LogP contribution in [-0.2, 0) is 17.9 Å². The molecule has 7 nitrogen and oxygen atoms in total. The predicted octanol–water partition coefficient (Wildman–Crippen LogP) is 4.52. The number of hydrogen-bond donors (Lipinski definition) is 0. The van der Waals surface area contributed by atoms with Gasteiger partial charge in [0.05, 0.1) is 36.6 Å². The molecule has 0 fully saturated rings. The lowest BCUT2D eigenvalue weighted by atomic mass is 10.1. The van der Waals surface area contributed by atoms with E-state index >= 15 is 0 Å². The van der Waals surface area contributed by atoms with Crippen LogP contribution < -0.4 is 9.80 Å². The van der Waals surface area contributed by atoms with Gasteiger partial charge in [0.1, 0.15) is 0 Å². The number of benzene rings is 2. The van der Waals surface area contributed by atoms with Crippen LogP contribution in [0.3, 0.4) is 0 Å². The number of amides is 1. The highest BCUT2D eigenvalue weighted by atomic mass is 16.5. The van der Waals surface area contributed by atoms with Crippen molar-refractivity contribution in [3.63, 3.8) is 0 Å². The summed E-state index contributed by atoms with van der Waals surface area (Å²) in [5, 5.41) is 4.02. The average Bonchev–Trinajstić information content (AvgIpc) is 3.48. The Bertz CT molecular complexity index is 1170. The average molecular weight is 414 g/mol. The van der Waals surface area contributed by atoms with Crippen LogP contribution in [0.4, 0.5) is 11.4 Å². The van der Waals surface area contributed by atoms with Crippen molar-refractivity contribution >= 4 is 17.3 Å². The molecule has 0 saturated heterocycles. The number of carbonyl (C=O) groups is 1. The molecule has 1 aliphatic rings. The molecule has 0 unspecified atom stereocenters. The zero-order chi connectivity index (χ0) is 21.2. The standard InChI is InChI=1S/C24H22N4O3/c1-17-14-27(16-22-25-23(26-31-22)21-12-7-13-30-21)19-10-5-6-11-20(19)28(24(17)29)15-18-8-3-2-4-9-18/h2-13,17H,14-16H2,1H3/t17-/m0/s1. The van der Waals surface area contributed by atoms with E-state index in [-0.39, 0.29) is 11.8 Å². The van der Waals surface area contributed by atoms with Crippen molar-refractivity contribution in [1.82, 2.24) is 10.1 Å². The zero-order valence-corrected chi connectivity index (χ0v) is 17.1. The molecule has 1 atom stereocenters. The quantitative estimate of drug-likeness (QED) is 0.478. The van der Waals surface area contributed by atoms with Gasteiger partial charge in [0.2, 0.25) is 17.6 Å². The Morgan fingerprint density at radius 2 is 1.74 bits per heavy atom. The molecule has 2 aromatic heterocycles. The molecule has 0 saturated carbocycles. The Labute approximate surface area is 179 Å². The third-order valence-electron chi connectivity index (χ3n) is 5.41. The lowest BCUT2D eigenvalue weighted by Gasteiger charge is -2.25. The van der Waals surface area contributed by atoms with Gasteiger partial charge in [-0.1, -0.05) is 54.5 Å². The summed E-state index contributed by atoms with van der Waals surface area (Å²) in [6.45, 7) is 3.44. The number of aromatic nitrogens is 2. The Morgan fingerprint density at radius 3 is 2.52 bits per heavy atom. The molecule has 1 amide bonds. The molecule has 0 aliphatic carbocycles. The van der Waals surface area contributed by atoms with Crippen LogP contribution in [0.5, 0.6) is 0 Å². The van der Waals surface area contributed by atoms with Gasteiger partial charge in [0, 0.05) is 6.54 Å². The van der Waals surface area contributed by atoms with E-state index in [0.29, 0.717) is 37.1 Å². The highest BCUT2D eigenvalue weighted by Gasteiger charge is 2.32. The second-order valence-corrected chi connectivity index (χ2v) is 7.67. The predicted molar refractivity (Wildman–Crippen MR) is 116 cm³/mol. The monoisotopic (exact) mass is 414 g/mol. The van der Waals surface area contributed by atoms with Gasteiger partial charge in [-0.15, -0.1) is 0 Å². The summed E-state index contributed by atoms with van der Waals surface area (Å²) in [7, 11) is 0. The van der Waals surface area contributed by atoms with E-state index in [4.69, 9.17) is 8.94 Å². The molecule has 7 heteroatoms. The van der Waals surface area contributed by atoms with Gasteiger partial charge in [-0.25, -0.2) is 0 Å². The van der Waals surface area contributed by atoms with E-state index < -0.39 is 0 Å². The number of furan rings is 1. The molecule has 0 radical (unpaired) electrons.